The zero-order valence-corrected chi connectivity index (χ0v) is 12.7. The molecule has 0 aromatic rings. The van der Waals surface area contributed by atoms with E-state index in [0.717, 1.165) is 6.26 Å². The first kappa shape index (κ1) is 17.7. The molecule has 2 amide bonds. The molecule has 0 spiro atoms. The van der Waals surface area contributed by atoms with Gasteiger partial charge >= 0.3 is 12.0 Å². The molecular formula is C11H22N2O5S. The van der Waals surface area contributed by atoms with E-state index >= 15 is 0 Å². The summed E-state index contributed by atoms with van der Waals surface area (Å²) in [6, 6.07) is -2.35. The normalized spacial score (nSPS) is 15.4. The van der Waals surface area contributed by atoms with Crippen LogP contribution in [0.15, 0.2) is 0 Å². The lowest BCUT2D eigenvalue weighted by Gasteiger charge is -2.28. The van der Waals surface area contributed by atoms with Crippen molar-refractivity contribution in [3.05, 3.63) is 0 Å². The Morgan fingerprint density at radius 1 is 1.21 bits per heavy atom. The van der Waals surface area contributed by atoms with Crippen LogP contribution in [-0.4, -0.2) is 49.6 Å². The molecule has 3 N–H and O–H groups in total. The average molecular weight is 294 g/mol. The predicted octanol–water partition coefficient (Wildman–Crippen LogP) is 0.218. The van der Waals surface area contributed by atoms with Crippen LogP contribution in [-0.2, 0) is 14.6 Å². The summed E-state index contributed by atoms with van der Waals surface area (Å²) in [5.74, 6) is -1.34. The molecule has 8 heteroatoms. The Bertz CT molecular complexity index is 438. The van der Waals surface area contributed by atoms with Gasteiger partial charge in [-0.3, -0.25) is 0 Å². The van der Waals surface area contributed by atoms with Crippen molar-refractivity contribution in [2.45, 2.75) is 39.8 Å². The van der Waals surface area contributed by atoms with Crippen LogP contribution in [0.2, 0.25) is 0 Å². The summed E-state index contributed by atoms with van der Waals surface area (Å²) in [5, 5.41) is 13.8. The largest absolute Gasteiger partial charge is 0.480 e. The zero-order chi connectivity index (χ0) is 15.4. The number of amides is 2. The fraction of sp³-hybridized carbons (Fsp3) is 0.818. The minimum absolute atomic E-state index is 0.201. The van der Waals surface area contributed by atoms with Crippen LogP contribution in [0.4, 0.5) is 4.79 Å². The van der Waals surface area contributed by atoms with Crippen molar-refractivity contribution in [1.82, 2.24) is 10.6 Å². The molecule has 0 heterocycles. The van der Waals surface area contributed by atoms with Gasteiger partial charge in [-0.2, -0.15) is 0 Å². The molecule has 1 unspecified atom stereocenters. The van der Waals surface area contributed by atoms with E-state index in [2.05, 4.69) is 10.6 Å². The molecule has 19 heavy (non-hydrogen) atoms. The molecule has 0 radical (unpaired) electrons. The molecule has 0 aromatic heterocycles. The lowest BCUT2D eigenvalue weighted by molar-refractivity contribution is -0.141. The number of carbonyl (C=O) groups is 2. The lowest BCUT2D eigenvalue weighted by Crippen LogP contribution is -2.54. The quantitative estimate of drug-likeness (QED) is 0.671. The fourth-order valence-corrected chi connectivity index (χ4v) is 2.53. The van der Waals surface area contributed by atoms with E-state index in [1.807, 2.05) is 0 Å². The van der Waals surface area contributed by atoms with Gasteiger partial charge < -0.3 is 15.7 Å². The van der Waals surface area contributed by atoms with Crippen LogP contribution in [0.25, 0.3) is 0 Å². The fourth-order valence-electron chi connectivity index (χ4n) is 1.54. The van der Waals surface area contributed by atoms with Crippen molar-refractivity contribution in [2.24, 2.45) is 5.41 Å². The number of carbonyl (C=O) groups excluding carboxylic acids is 1. The summed E-state index contributed by atoms with van der Waals surface area (Å²) in [6.45, 7) is 6.59. The van der Waals surface area contributed by atoms with E-state index in [0.29, 0.717) is 0 Å². The highest BCUT2D eigenvalue weighted by atomic mass is 32.2. The molecule has 0 aliphatic heterocycles. The van der Waals surface area contributed by atoms with Crippen LogP contribution < -0.4 is 10.6 Å². The number of hydrogen-bond acceptors (Lipinski definition) is 4. The average Bonchev–Trinajstić information content (AvgIpc) is 2.07. The predicted molar refractivity (Wildman–Crippen MR) is 71.7 cm³/mol. The maximum absolute atomic E-state index is 11.6. The molecule has 112 valence electrons. The first-order valence-electron chi connectivity index (χ1n) is 5.80. The lowest BCUT2D eigenvalue weighted by atomic mass is 9.87. The van der Waals surface area contributed by atoms with Crippen molar-refractivity contribution in [3.63, 3.8) is 0 Å². The summed E-state index contributed by atoms with van der Waals surface area (Å²) in [4.78, 5) is 22.7. The third-order valence-corrected chi connectivity index (χ3v) is 3.42. The standard InChI is InChI=1S/C11H22N2O5S/c1-7(6-19(5,17)18)12-10(16)13-8(9(14)15)11(2,3)4/h7-8H,6H2,1-5H3,(H,14,15)(H2,12,13,16)/t7?,8-/m0/s1. The number of rotatable bonds is 5. The van der Waals surface area contributed by atoms with Gasteiger partial charge in [-0.15, -0.1) is 0 Å². The number of carboxylic acid groups (broad SMARTS) is 1. The summed E-state index contributed by atoms with van der Waals surface area (Å²) in [7, 11) is -3.20. The Balaban J connectivity index is 4.57. The van der Waals surface area contributed by atoms with Crippen LogP contribution >= 0.6 is 0 Å². The second-order valence-corrected chi connectivity index (χ2v) is 7.93. The molecule has 0 saturated carbocycles. The molecule has 7 nitrogen and oxygen atoms in total. The molecule has 0 saturated heterocycles. The van der Waals surface area contributed by atoms with Gasteiger partial charge in [-0.1, -0.05) is 20.8 Å². The molecule has 0 fully saturated rings. The zero-order valence-electron chi connectivity index (χ0n) is 11.9. The Hall–Kier alpha value is -1.31. The number of aliphatic carboxylic acids is 1. The SMILES string of the molecule is CC(CS(C)(=O)=O)NC(=O)N[C@@H](C(=O)O)C(C)(C)C. The second-order valence-electron chi connectivity index (χ2n) is 5.75. The Morgan fingerprint density at radius 3 is 2.00 bits per heavy atom. The van der Waals surface area contributed by atoms with E-state index in [4.69, 9.17) is 5.11 Å². The van der Waals surface area contributed by atoms with Crippen LogP contribution in [0, 0.1) is 5.41 Å². The summed E-state index contributed by atoms with van der Waals surface area (Å²) >= 11 is 0. The highest BCUT2D eigenvalue weighted by Crippen LogP contribution is 2.19. The Kier molecular flexibility index (Phi) is 5.80. The molecule has 0 aliphatic carbocycles. The number of carboxylic acids is 1. The summed E-state index contributed by atoms with van der Waals surface area (Å²) < 4.78 is 22.1. The maximum atomic E-state index is 11.6. The minimum atomic E-state index is -3.20. The van der Waals surface area contributed by atoms with Gasteiger partial charge in [0, 0.05) is 12.3 Å². The third-order valence-electron chi connectivity index (χ3n) is 2.32. The first-order chi connectivity index (χ1) is 8.33. The van der Waals surface area contributed by atoms with Crippen molar-refractivity contribution >= 4 is 21.8 Å². The van der Waals surface area contributed by atoms with E-state index in [1.54, 1.807) is 20.8 Å². The van der Waals surface area contributed by atoms with Gasteiger partial charge in [0.2, 0.25) is 0 Å². The third kappa shape index (κ3) is 7.66. The molecule has 0 bridgehead atoms. The smallest absolute Gasteiger partial charge is 0.326 e. The van der Waals surface area contributed by atoms with Gasteiger partial charge in [0.15, 0.2) is 0 Å². The Labute approximate surface area is 113 Å². The molecular weight excluding hydrogens is 272 g/mol. The highest BCUT2D eigenvalue weighted by molar-refractivity contribution is 7.90. The highest BCUT2D eigenvalue weighted by Gasteiger charge is 2.32. The van der Waals surface area contributed by atoms with Gasteiger partial charge in [0.05, 0.1) is 5.75 Å². The van der Waals surface area contributed by atoms with Gasteiger partial charge in [0.1, 0.15) is 15.9 Å². The molecule has 0 rings (SSSR count). The number of nitrogens with one attached hydrogen (secondary N) is 2. The molecule has 2 atom stereocenters. The van der Waals surface area contributed by atoms with Gasteiger partial charge in [-0.05, 0) is 12.3 Å². The summed E-state index contributed by atoms with van der Waals surface area (Å²) in [5.41, 5.74) is -0.650. The monoisotopic (exact) mass is 294 g/mol. The maximum Gasteiger partial charge on any atom is 0.326 e. The number of hydrogen-bond donors (Lipinski definition) is 3. The summed E-state index contributed by atoms with van der Waals surface area (Å²) in [6.07, 6.45) is 1.07. The topological polar surface area (TPSA) is 113 Å². The van der Waals surface area contributed by atoms with E-state index in [9.17, 15) is 18.0 Å². The van der Waals surface area contributed by atoms with E-state index in [1.165, 1.54) is 6.92 Å². The van der Waals surface area contributed by atoms with E-state index in [-0.39, 0.29) is 5.75 Å². The van der Waals surface area contributed by atoms with Crippen LogP contribution in [0.5, 0.6) is 0 Å². The second kappa shape index (κ2) is 6.23. The van der Waals surface area contributed by atoms with Crippen LogP contribution in [0.1, 0.15) is 27.7 Å². The molecule has 0 aromatic carbocycles. The Morgan fingerprint density at radius 2 is 1.68 bits per heavy atom. The van der Waals surface area contributed by atoms with Crippen LogP contribution in [0.3, 0.4) is 0 Å². The van der Waals surface area contributed by atoms with Crippen molar-refractivity contribution in [3.8, 4) is 0 Å². The molecule has 0 aliphatic rings. The number of urea groups is 1. The van der Waals surface area contributed by atoms with Gasteiger partial charge in [-0.25, -0.2) is 18.0 Å². The van der Waals surface area contributed by atoms with Crippen molar-refractivity contribution in [1.29, 1.82) is 0 Å². The first-order valence-corrected chi connectivity index (χ1v) is 7.86. The van der Waals surface area contributed by atoms with E-state index < -0.39 is 39.3 Å². The number of sulfone groups is 1. The van der Waals surface area contributed by atoms with Crippen molar-refractivity contribution < 1.29 is 23.1 Å². The van der Waals surface area contributed by atoms with Crippen molar-refractivity contribution in [2.75, 3.05) is 12.0 Å². The minimum Gasteiger partial charge on any atom is -0.480 e. The van der Waals surface area contributed by atoms with Gasteiger partial charge in [0.25, 0.3) is 0 Å².